The SMILES string of the molecule is CSCC(C)N(C)CC1C2CCC(C2)C1N. The smallest absolute Gasteiger partial charge is 0.0155 e. The van der Waals surface area contributed by atoms with Gasteiger partial charge in [0.25, 0.3) is 0 Å². The van der Waals surface area contributed by atoms with Gasteiger partial charge < -0.3 is 10.6 Å². The van der Waals surface area contributed by atoms with Crippen LogP contribution >= 0.6 is 11.8 Å². The van der Waals surface area contributed by atoms with E-state index in [1.807, 2.05) is 11.8 Å². The van der Waals surface area contributed by atoms with Crippen LogP contribution in [0.1, 0.15) is 26.2 Å². The molecule has 94 valence electrons. The number of fused-ring (bicyclic) bond motifs is 2. The van der Waals surface area contributed by atoms with Crippen LogP contribution in [0.25, 0.3) is 0 Å². The Labute approximate surface area is 104 Å². The number of nitrogens with two attached hydrogens (primary N) is 1. The van der Waals surface area contributed by atoms with Crippen molar-refractivity contribution in [2.75, 3.05) is 25.6 Å². The Balaban J connectivity index is 1.85. The molecule has 3 heteroatoms. The van der Waals surface area contributed by atoms with Gasteiger partial charge in [0.1, 0.15) is 0 Å². The van der Waals surface area contributed by atoms with E-state index < -0.39 is 0 Å². The fourth-order valence-electron chi connectivity index (χ4n) is 3.61. The van der Waals surface area contributed by atoms with Crippen molar-refractivity contribution in [1.29, 1.82) is 0 Å². The normalized spacial score (nSPS) is 39.6. The van der Waals surface area contributed by atoms with Crippen molar-refractivity contribution in [3.63, 3.8) is 0 Å². The molecule has 0 radical (unpaired) electrons. The van der Waals surface area contributed by atoms with Crippen molar-refractivity contribution in [1.82, 2.24) is 4.90 Å². The quantitative estimate of drug-likeness (QED) is 0.800. The van der Waals surface area contributed by atoms with Crippen LogP contribution in [-0.2, 0) is 0 Å². The van der Waals surface area contributed by atoms with E-state index >= 15 is 0 Å². The van der Waals surface area contributed by atoms with Gasteiger partial charge in [0, 0.05) is 24.4 Å². The maximum absolute atomic E-state index is 6.35. The summed E-state index contributed by atoms with van der Waals surface area (Å²) in [6.07, 6.45) is 6.43. The van der Waals surface area contributed by atoms with Crippen LogP contribution in [0.4, 0.5) is 0 Å². The second kappa shape index (κ2) is 5.28. The van der Waals surface area contributed by atoms with Gasteiger partial charge in [-0.1, -0.05) is 0 Å². The highest BCUT2D eigenvalue weighted by molar-refractivity contribution is 7.98. The first kappa shape index (κ1) is 12.7. The Morgan fingerprint density at radius 3 is 2.62 bits per heavy atom. The van der Waals surface area contributed by atoms with Crippen LogP contribution in [0.5, 0.6) is 0 Å². The maximum Gasteiger partial charge on any atom is 0.0155 e. The zero-order chi connectivity index (χ0) is 11.7. The third-order valence-electron chi connectivity index (χ3n) is 4.82. The molecule has 2 bridgehead atoms. The van der Waals surface area contributed by atoms with Crippen molar-refractivity contribution in [2.24, 2.45) is 23.5 Å². The van der Waals surface area contributed by atoms with Crippen molar-refractivity contribution in [3.05, 3.63) is 0 Å². The Kier molecular flexibility index (Phi) is 4.20. The highest BCUT2D eigenvalue weighted by atomic mass is 32.2. The molecule has 2 saturated carbocycles. The van der Waals surface area contributed by atoms with Crippen LogP contribution in [0.2, 0.25) is 0 Å². The van der Waals surface area contributed by atoms with E-state index in [9.17, 15) is 0 Å². The monoisotopic (exact) mass is 242 g/mol. The van der Waals surface area contributed by atoms with Crippen molar-refractivity contribution in [3.8, 4) is 0 Å². The average Bonchev–Trinajstić information content (AvgIpc) is 2.82. The van der Waals surface area contributed by atoms with Gasteiger partial charge in [-0.3, -0.25) is 0 Å². The molecule has 0 heterocycles. The van der Waals surface area contributed by atoms with Crippen LogP contribution in [0.3, 0.4) is 0 Å². The largest absolute Gasteiger partial charge is 0.327 e. The maximum atomic E-state index is 6.35. The average molecular weight is 242 g/mol. The van der Waals surface area contributed by atoms with Gasteiger partial charge >= 0.3 is 0 Å². The molecule has 0 amide bonds. The molecule has 5 unspecified atom stereocenters. The number of nitrogens with zero attached hydrogens (tertiary/aromatic N) is 1. The molecule has 2 aliphatic carbocycles. The third kappa shape index (κ3) is 2.41. The molecule has 0 aromatic rings. The molecule has 0 aromatic heterocycles. The number of thioether (sulfide) groups is 1. The van der Waals surface area contributed by atoms with E-state index in [1.54, 1.807) is 0 Å². The molecule has 16 heavy (non-hydrogen) atoms. The number of rotatable bonds is 5. The first-order valence-corrected chi connectivity index (χ1v) is 7.97. The minimum atomic E-state index is 0.489. The molecular weight excluding hydrogens is 216 g/mol. The summed E-state index contributed by atoms with van der Waals surface area (Å²) in [6, 6.07) is 1.17. The minimum absolute atomic E-state index is 0.489. The predicted molar refractivity (Wildman–Crippen MR) is 72.8 cm³/mol. The second-order valence-corrected chi connectivity index (χ2v) is 6.73. The molecule has 2 aliphatic rings. The van der Waals surface area contributed by atoms with Gasteiger partial charge in [-0.05, 0) is 57.2 Å². The third-order valence-corrected chi connectivity index (χ3v) is 5.63. The lowest BCUT2D eigenvalue weighted by Crippen LogP contribution is -2.44. The number of hydrogen-bond donors (Lipinski definition) is 1. The topological polar surface area (TPSA) is 29.3 Å². The predicted octanol–water partition coefficient (Wildman–Crippen LogP) is 2.04. The summed E-state index contributed by atoms with van der Waals surface area (Å²) < 4.78 is 0. The summed E-state index contributed by atoms with van der Waals surface area (Å²) in [5.74, 6) is 3.78. The summed E-state index contributed by atoms with van der Waals surface area (Å²) in [5.41, 5.74) is 6.35. The Morgan fingerprint density at radius 2 is 2.06 bits per heavy atom. The molecule has 0 aromatic carbocycles. The van der Waals surface area contributed by atoms with Crippen molar-refractivity contribution < 1.29 is 0 Å². The van der Waals surface area contributed by atoms with Gasteiger partial charge in [0.05, 0.1) is 0 Å². The molecule has 0 aliphatic heterocycles. The van der Waals surface area contributed by atoms with E-state index in [1.165, 1.54) is 31.6 Å². The molecular formula is C13H26N2S. The fraction of sp³-hybridized carbons (Fsp3) is 1.00. The summed E-state index contributed by atoms with van der Waals surface area (Å²) in [4.78, 5) is 2.52. The highest BCUT2D eigenvalue weighted by Gasteiger charge is 2.45. The first-order valence-electron chi connectivity index (χ1n) is 6.58. The summed E-state index contributed by atoms with van der Waals surface area (Å²) in [5, 5.41) is 0. The molecule has 2 nitrogen and oxygen atoms in total. The van der Waals surface area contributed by atoms with Gasteiger partial charge in [0.15, 0.2) is 0 Å². The fourth-order valence-corrected chi connectivity index (χ4v) is 4.34. The molecule has 5 atom stereocenters. The highest BCUT2D eigenvalue weighted by Crippen LogP contribution is 2.47. The van der Waals surface area contributed by atoms with E-state index in [2.05, 4.69) is 25.1 Å². The number of hydrogen-bond acceptors (Lipinski definition) is 3. The molecule has 0 spiro atoms. The zero-order valence-corrected chi connectivity index (χ0v) is 11.7. The van der Waals surface area contributed by atoms with Gasteiger partial charge in [0.2, 0.25) is 0 Å². The van der Waals surface area contributed by atoms with Crippen LogP contribution in [-0.4, -0.2) is 42.6 Å². The standard InChI is InChI=1S/C13H26N2S/c1-9(8-16-3)15(2)7-12-10-4-5-11(6-10)13(12)14/h9-13H,4-8,14H2,1-3H3. The van der Waals surface area contributed by atoms with Crippen molar-refractivity contribution in [2.45, 2.75) is 38.3 Å². The zero-order valence-electron chi connectivity index (χ0n) is 10.9. The summed E-state index contributed by atoms with van der Waals surface area (Å²) >= 11 is 1.94. The Morgan fingerprint density at radius 1 is 1.38 bits per heavy atom. The lowest BCUT2D eigenvalue weighted by atomic mass is 9.84. The van der Waals surface area contributed by atoms with Crippen LogP contribution in [0.15, 0.2) is 0 Å². The van der Waals surface area contributed by atoms with Gasteiger partial charge in [-0.2, -0.15) is 11.8 Å². The molecule has 2 N–H and O–H groups in total. The van der Waals surface area contributed by atoms with E-state index in [4.69, 9.17) is 5.73 Å². The van der Waals surface area contributed by atoms with Crippen molar-refractivity contribution >= 4 is 11.8 Å². The van der Waals surface area contributed by atoms with Crippen LogP contribution < -0.4 is 5.73 Å². The lowest BCUT2D eigenvalue weighted by molar-refractivity contribution is 0.175. The Bertz CT molecular complexity index is 232. The van der Waals surface area contributed by atoms with Gasteiger partial charge in [-0.15, -0.1) is 0 Å². The lowest BCUT2D eigenvalue weighted by Gasteiger charge is -2.34. The summed E-state index contributed by atoms with van der Waals surface area (Å²) in [7, 11) is 2.26. The second-order valence-electron chi connectivity index (χ2n) is 5.82. The summed E-state index contributed by atoms with van der Waals surface area (Å²) in [6.45, 7) is 3.54. The van der Waals surface area contributed by atoms with E-state index in [0.717, 1.165) is 17.8 Å². The molecule has 2 fully saturated rings. The van der Waals surface area contributed by atoms with E-state index in [0.29, 0.717) is 12.1 Å². The van der Waals surface area contributed by atoms with Crippen LogP contribution in [0, 0.1) is 17.8 Å². The van der Waals surface area contributed by atoms with Gasteiger partial charge in [-0.25, -0.2) is 0 Å². The minimum Gasteiger partial charge on any atom is -0.327 e. The molecule has 2 rings (SSSR count). The molecule has 0 saturated heterocycles. The first-order chi connectivity index (χ1) is 7.63. The van der Waals surface area contributed by atoms with E-state index in [-0.39, 0.29) is 0 Å². The Hall–Kier alpha value is 0.270.